The second-order valence-electron chi connectivity index (χ2n) is 5.53. The predicted octanol–water partition coefficient (Wildman–Crippen LogP) is 4.10. The largest absolute Gasteiger partial charge is 0.317 e. The molecule has 0 radical (unpaired) electrons. The molecule has 0 amide bonds. The van der Waals surface area contributed by atoms with Crippen LogP contribution in [-0.4, -0.2) is 13.1 Å². The zero-order chi connectivity index (χ0) is 12.1. The fourth-order valence-corrected chi connectivity index (χ4v) is 3.78. The molecule has 1 fully saturated rings. The molecule has 0 bridgehead atoms. The van der Waals surface area contributed by atoms with Gasteiger partial charge in [0, 0.05) is 10.9 Å². The Hall–Kier alpha value is -0.340. The Morgan fingerprint density at radius 3 is 2.71 bits per heavy atom. The van der Waals surface area contributed by atoms with Crippen molar-refractivity contribution in [1.29, 1.82) is 0 Å². The van der Waals surface area contributed by atoms with Crippen LogP contribution in [0.2, 0.25) is 0 Å². The summed E-state index contributed by atoms with van der Waals surface area (Å²) in [5.74, 6) is 1.87. The Kier molecular flexibility index (Phi) is 5.05. The topological polar surface area (TPSA) is 12.0 Å². The highest BCUT2D eigenvalue weighted by Crippen LogP contribution is 2.31. The molecule has 1 unspecified atom stereocenters. The van der Waals surface area contributed by atoms with Crippen LogP contribution in [-0.2, 0) is 6.42 Å². The van der Waals surface area contributed by atoms with Gasteiger partial charge in [-0.25, -0.2) is 0 Å². The van der Waals surface area contributed by atoms with E-state index in [0.29, 0.717) is 0 Å². The number of hydrogen-bond donors (Lipinski definition) is 1. The summed E-state index contributed by atoms with van der Waals surface area (Å²) in [6.45, 7) is 2.40. The van der Waals surface area contributed by atoms with Crippen molar-refractivity contribution in [2.75, 3.05) is 7.05 Å². The lowest BCUT2D eigenvalue weighted by atomic mass is 9.78. The SMILES string of the molecule is CNC(CCc1cccs1)C1CCC(C)CC1. The van der Waals surface area contributed by atoms with E-state index < -0.39 is 0 Å². The van der Waals surface area contributed by atoms with Gasteiger partial charge in [-0.1, -0.05) is 25.8 Å². The first-order chi connectivity index (χ1) is 8.29. The zero-order valence-corrected chi connectivity index (χ0v) is 11.9. The summed E-state index contributed by atoms with van der Waals surface area (Å²) in [6.07, 6.45) is 8.27. The summed E-state index contributed by atoms with van der Waals surface area (Å²) < 4.78 is 0. The summed E-state index contributed by atoms with van der Waals surface area (Å²) in [7, 11) is 2.14. The molecule has 1 nitrogen and oxygen atoms in total. The van der Waals surface area contributed by atoms with Gasteiger partial charge in [-0.3, -0.25) is 0 Å². The summed E-state index contributed by atoms with van der Waals surface area (Å²) in [4.78, 5) is 1.54. The maximum atomic E-state index is 3.55. The Labute approximate surface area is 110 Å². The van der Waals surface area contributed by atoms with E-state index in [1.807, 2.05) is 11.3 Å². The number of rotatable bonds is 5. The Morgan fingerprint density at radius 1 is 1.35 bits per heavy atom. The second kappa shape index (κ2) is 6.55. The third-order valence-corrected chi connectivity index (χ3v) is 5.22. The van der Waals surface area contributed by atoms with Crippen molar-refractivity contribution >= 4 is 11.3 Å². The molecule has 0 saturated heterocycles. The van der Waals surface area contributed by atoms with Gasteiger partial charge in [0.05, 0.1) is 0 Å². The molecule has 1 aliphatic carbocycles. The van der Waals surface area contributed by atoms with Crippen molar-refractivity contribution in [3.63, 3.8) is 0 Å². The van der Waals surface area contributed by atoms with Crippen LogP contribution in [0, 0.1) is 11.8 Å². The molecule has 1 atom stereocenters. The van der Waals surface area contributed by atoms with Crippen molar-refractivity contribution in [3.05, 3.63) is 22.4 Å². The molecule has 1 aromatic rings. The van der Waals surface area contributed by atoms with Gasteiger partial charge in [0.1, 0.15) is 0 Å². The average Bonchev–Trinajstić information content (AvgIpc) is 2.85. The summed E-state index contributed by atoms with van der Waals surface area (Å²) in [5.41, 5.74) is 0. The van der Waals surface area contributed by atoms with E-state index in [-0.39, 0.29) is 0 Å². The van der Waals surface area contributed by atoms with Gasteiger partial charge in [-0.05, 0) is 56.0 Å². The number of thiophene rings is 1. The molecule has 0 spiro atoms. The number of hydrogen-bond acceptors (Lipinski definition) is 2. The first kappa shape index (κ1) is 13.1. The Morgan fingerprint density at radius 2 is 2.12 bits per heavy atom. The molecule has 1 heterocycles. The van der Waals surface area contributed by atoms with Crippen LogP contribution in [0.3, 0.4) is 0 Å². The summed E-state index contributed by atoms with van der Waals surface area (Å²) in [5, 5.41) is 5.74. The number of nitrogens with one attached hydrogen (secondary N) is 1. The summed E-state index contributed by atoms with van der Waals surface area (Å²) >= 11 is 1.89. The van der Waals surface area contributed by atoms with E-state index in [1.165, 1.54) is 43.4 Å². The first-order valence-electron chi connectivity index (χ1n) is 6.99. The Bertz CT molecular complexity index is 299. The van der Waals surface area contributed by atoms with Gasteiger partial charge in [0.15, 0.2) is 0 Å². The van der Waals surface area contributed by atoms with Crippen molar-refractivity contribution in [1.82, 2.24) is 5.32 Å². The maximum Gasteiger partial charge on any atom is 0.00957 e. The van der Waals surface area contributed by atoms with E-state index in [9.17, 15) is 0 Å². The smallest absolute Gasteiger partial charge is 0.00957 e. The molecule has 96 valence electrons. The lowest BCUT2D eigenvalue weighted by molar-refractivity contribution is 0.229. The van der Waals surface area contributed by atoms with Crippen LogP contribution >= 0.6 is 11.3 Å². The van der Waals surface area contributed by atoms with Gasteiger partial charge in [0.25, 0.3) is 0 Å². The van der Waals surface area contributed by atoms with E-state index in [0.717, 1.165) is 17.9 Å². The molecule has 2 rings (SSSR count). The highest BCUT2D eigenvalue weighted by Gasteiger charge is 2.24. The average molecular weight is 251 g/mol. The van der Waals surface area contributed by atoms with Crippen LogP contribution in [0.25, 0.3) is 0 Å². The fourth-order valence-electron chi connectivity index (χ4n) is 3.06. The molecule has 1 saturated carbocycles. The minimum atomic E-state index is 0.726. The molecular formula is C15H25NS. The van der Waals surface area contributed by atoms with Crippen LogP contribution in [0.5, 0.6) is 0 Å². The maximum absolute atomic E-state index is 3.55. The zero-order valence-electron chi connectivity index (χ0n) is 11.1. The minimum Gasteiger partial charge on any atom is -0.317 e. The standard InChI is InChI=1S/C15H25NS/c1-12-5-7-13(8-6-12)15(16-2)10-9-14-4-3-11-17-14/h3-4,11-13,15-16H,5-10H2,1-2H3. The fraction of sp³-hybridized carbons (Fsp3) is 0.733. The quantitative estimate of drug-likeness (QED) is 0.831. The lowest BCUT2D eigenvalue weighted by Gasteiger charge is -2.32. The van der Waals surface area contributed by atoms with Crippen molar-refractivity contribution in [3.8, 4) is 0 Å². The van der Waals surface area contributed by atoms with E-state index in [4.69, 9.17) is 0 Å². The van der Waals surface area contributed by atoms with Gasteiger partial charge in [-0.2, -0.15) is 0 Å². The van der Waals surface area contributed by atoms with Gasteiger partial charge in [0.2, 0.25) is 0 Å². The highest BCUT2D eigenvalue weighted by molar-refractivity contribution is 7.09. The van der Waals surface area contributed by atoms with E-state index in [1.54, 1.807) is 0 Å². The lowest BCUT2D eigenvalue weighted by Crippen LogP contribution is -2.36. The van der Waals surface area contributed by atoms with Crippen molar-refractivity contribution in [2.24, 2.45) is 11.8 Å². The molecule has 2 heteroatoms. The molecular weight excluding hydrogens is 226 g/mol. The van der Waals surface area contributed by atoms with Crippen LogP contribution in [0.15, 0.2) is 17.5 Å². The Balaban J connectivity index is 1.80. The molecule has 1 aliphatic rings. The van der Waals surface area contributed by atoms with Crippen LogP contribution in [0.4, 0.5) is 0 Å². The molecule has 0 aliphatic heterocycles. The normalized spacial score (nSPS) is 26.9. The van der Waals surface area contributed by atoms with Crippen LogP contribution < -0.4 is 5.32 Å². The van der Waals surface area contributed by atoms with E-state index in [2.05, 4.69) is 36.8 Å². The molecule has 17 heavy (non-hydrogen) atoms. The third kappa shape index (κ3) is 3.82. The third-order valence-electron chi connectivity index (χ3n) is 4.28. The highest BCUT2D eigenvalue weighted by atomic mass is 32.1. The van der Waals surface area contributed by atoms with E-state index >= 15 is 0 Å². The van der Waals surface area contributed by atoms with Crippen molar-refractivity contribution in [2.45, 2.75) is 51.5 Å². The van der Waals surface area contributed by atoms with Crippen LogP contribution in [0.1, 0.15) is 43.9 Å². The molecule has 1 aromatic heterocycles. The molecule has 1 N–H and O–H groups in total. The van der Waals surface area contributed by atoms with Gasteiger partial charge in [-0.15, -0.1) is 11.3 Å². The second-order valence-corrected chi connectivity index (χ2v) is 6.57. The van der Waals surface area contributed by atoms with Crippen molar-refractivity contribution < 1.29 is 0 Å². The van der Waals surface area contributed by atoms with Gasteiger partial charge < -0.3 is 5.32 Å². The predicted molar refractivity (Wildman–Crippen MR) is 76.6 cm³/mol. The monoisotopic (exact) mass is 251 g/mol. The van der Waals surface area contributed by atoms with Gasteiger partial charge >= 0.3 is 0 Å². The minimum absolute atomic E-state index is 0.726. The number of aryl methyl sites for hydroxylation is 1. The molecule has 0 aromatic carbocycles. The summed E-state index contributed by atoms with van der Waals surface area (Å²) in [6, 6.07) is 5.15. The first-order valence-corrected chi connectivity index (χ1v) is 7.87.